The number of hydrogen-bond donors (Lipinski definition) is 1. The van der Waals surface area contributed by atoms with E-state index in [0.29, 0.717) is 11.4 Å². The van der Waals surface area contributed by atoms with Crippen LogP contribution in [-0.4, -0.2) is 57.8 Å². The molecule has 6 nitrogen and oxygen atoms in total. The molecule has 1 aliphatic heterocycles. The minimum absolute atomic E-state index is 0.297. The highest BCUT2D eigenvalue weighted by atomic mass is 32.2. The predicted molar refractivity (Wildman–Crippen MR) is 118 cm³/mol. The fraction of sp³-hybridized carbons (Fsp3) is 0.318. The highest BCUT2D eigenvalue weighted by molar-refractivity contribution is 7.89. The molecule has 0 aliphatic carbocycles. The average Bonchev–Trinajstić information content (AvgIpc) is 2.75. The fourth-order valence-electron chi connectivity index (χ4n) is 3.28. The first-order valence-electron chi connectivity index (χ1n) is 9.63. The average molecular weight is 413 g/mol. The Bertz CT molecular complexity index is 981. The van der Waals surface area contributed by atoms with Gasteiger partial charge in [0, 0.05) is 40.8 Å². The van der Waals surface area contributed by atoms with E-state index in [9.17, 15) is 8.42 Å². The number of hydrogen-bond acceptors (Lipinski definition) is 3. The van der Waals surface area contributed by atoms with Crippen LogP contribution in [0.4, 0.5) is 0 Å². The Hall–Kier alpha value is -2.64. The van der Waals surface area contributed by atoms with Gasteiger partial charge in [-0.3, -0.25) is 4.99 Å². The molecule has 2 aromatic rings. The largest absolute Gasteiger partial charge is 0.352 e. The van der Waals surface area contributed by atoms with Crippen LogP contribution in [0.25, 0.3) is 5.57 Å². The van der Waals surface area contributed by atoms with Gasteiger partial charge in [0.25, 0.3) is 0 Å². The molecular formula is C22H28N4O2S. The van der Waals surface area contributed by atoms with Crippen molar-refractivity contribution in [3.63, 3.8) is 0 Å². The Morgan fingerprint density at radius 1 is 1.10 bits per heavy atom. The Morgan fingerprint density at radius 3 is 2.34 bits per heavy atom. The number of guanidine groups is 1. The molecule has 0 spiro atoms. The van der Waals surface area contributed by atoms with Gasteiger partial charge in [-0.1, -0.05) is 48.5 Å². The van der Waals surface area contributed by atoms with Crippen LogP contribution in [0.5, 0.6) is 0 Å². The third-order valence-corrected chi connectivity index (χ3v) is 6.85. The van der Waals surface area contributed by atoms with Crippen molar-refractivity contribution in [3.8, 4) is 0 Å². The Morgan fingerprint density at radius 2 is 1.79 bits per heavy atom. The van der Waals surface area contributed by atoms with Crippen LogP contribution < -0.4 is 5.32 Å². The Balaban J connectivity index is 1.60. The fourth-order valence-corrected chi connectivity index (χ4v) is 4.18. The van der Waals surface area contributed by atoms with E-state index in [1.165, 1.54) is 29.5 Å². The van der Waals surface area contributed by atoms with Gasteiger partial charge in [0.05, 0.1) is 4.90 Å². The van der Waals surface area contributed by atoms with Crippen molar-refractivity contribution < 1.29 is 8.42 Å². The van der Waals surface area contributed by atoms with Gasteiger partial charge in [0.2, 0.25) is 10.0 Å². The first-order valence-corrected chi connectivity index (χ1v) is 11.1. The summed E-state index contributed by atoms with van der Waals surface area (Å²) in [7, 11) is 1.45. The summed E-state index contributed by atoms with van der Waals surface area (Å²) >= 11 is 0. The maximum absolute atomic E-state index is 12.2. The second kappa shape index (κ2) is 9.24. The molecule has 0 unspecified atom stereocenters. The minimum Gasteiger partial charge on any atom is -0.352 e. The van der Waals surface area contributed by atoms with Gasteiger partial charge in [0.1, 0.15) is 0 Å². The summed E-state index contributed by atoms with van der Waals surface area (Å²) in [6, 6.07) is 17.4. The zero-order valence-electron chi connectivity index (χ0n) is 17.2. The lowest BCUT2D eigenvalue weighted by Gasteiger charge is -2.30. The molecule has 7 heteroatoms. The third-order valence-electron chi connectivity index (χ3n) is 5.02. The normalized spacial score (nSPS) is 15.4. The summed E-state index contributed by atoms with van der Waals surface area (Å²) in [6.07, 6.45) is 3.23. The van der Waals surface area contributed by atoms with Crippen LogP contribution in [0, 0.1) is 0 Å². The Labute approximate surface area is 173 Å². The molecule has 0 saturated heterocycles. The molecule has 0 atom stereocenters. The first kappa shape index (κ1) is 21.1. The van der Waals surface area contributed by atoms with E-state index < -0.39 is 10.0 Å². The van der Waals surface area contributed by atoms with Crippen LogP contribution >= 0.6 is 0 Å². The van der Waals surface area contributed by atoms with Crippen LogP contribution in [0.2, 0.25) is 0 Å². The summed E-state index contributed by atoms with van der Waals surface area (Å²) in [5.74, 6) is 0.846. The standard InChI is InChI=1S/C22H28N4O2S/c1-23-22(26-15-13-20(14-16-26)19-7-5-4-6-8-19)24-17-18-9-11-21(12-10-18)29(27,28)25(2)3/h4-13H,14-17H2,1-3H3,(H,23,24). The third kappa shape index (κ3) is 5.05. The quantitative estimate of drug-likeness (QED) is 0.606. The van der Waals surface area contributed by atoms with Gasteiger partial charge in [-0.2, -0.15) is 0 Å². The monoisotopic (exact) mass is 412 g/mol. The molecule has 2 aromatic carbocycles. The highest BCUT2D eigenvalue weighted by Crippen LogP contribution is 2.22. The van der Waals surface area contributed by atoms with Crippen molar-refractivity contribution in [1.82, 2.24) is 14.5 Å². The van der Waals surface area contributed by atoms with E-state index >= 15 is 0 Å². The zero-order chi connectivity index (χ0) is 20.9. The SMILES string of the molecule is CN=C(NCc1ccc(S(=O)(=O)N(C)C)cc1)N1CC=C(c2ccccc2)CC1. The molecule has 0 fully saturated rings. The Kier molecular flexibility index (Phi) is 6.71. The summed E-state index contributed by atoms with van der Waals surface area (Å²) < 4.78 is 25.6. The van der Waals surface area contributed by atoms with Gasteiger partial charge >= 0.3 is 0 Å². The van der Waals surface area contributed by atoms with Crippen LogP contribution in [0.1, 0.15) is 17.5 Å². The maximum Gasteiger partial charge on any atom is 0.242 e. The lowest BCUT2D eigenvalue weighted by Crippen LogP contribution is -2.43. The van der Waals surface area contributed by atoms with E-state index in [-0.39, 0.29) is 0 Å². The summed E-state index contributed by atoms with van der Waals surface area (Å²) in [5, 5.41) is 3.38. The molecule has 0 bridgehead atoms. The molecule has 0 amide bonds. The van der Waals surface area contributed by atoms with Gasteiger partial charge in [-0.05, 0) is 35.3 Å². The molecule has 0 saturated carbocycles. The second-order valence-corrected chi connectivity index (χ2v) is 9.28. The van der Waals surface area contributed by atoms with Crippen molar-refractivity contribution in [3.05, 3.63) is 71.8 Å². The number of rotatable bonds is 5. The number of nitrogens with zero attached hydrogens (tertiary/aromatic N) is 3. The topological polar surface area (TPSA) is 65.0 Å². The predicted octanol–water partition coefficient (Wildman–Crippen LogP) is 2.80. The second-order valence-electron chi connectivity index (χ2n) is 7.12. The molecule has 3 rings (SSSR count). The van der Waals surface area contributed by atoms with Crippen molar-refractivity contribution in [2.75, 3.05) is 34.2 Å². The van der Waals surface area contributed by atoms with E-state index in [1.54, 1.807) is 19.2 Å². The molecule has 1 heterocycles. The van der Waals surface area contributed by atoms with Crippen molar-refractivity contribution >= 4 is 21.6 Å². The molecule has 0 aromatic heterocycles. The molecule has 1 aliphatic rings. The number of benzene rings is 2. The molecule has 29 heavy (non-hydrogen) atoms. The van der Waals surface area contributed by atoms with E-state index in [0.717, 1.165) is 31.0 Å². The number of aliphatic imine (C=N–C) groups is 1. The van der Waals surface area contributed by atoms with Gasteiger partial charge in [-0.25, -0.2) is 12.7 Å². The smallest absolute Gasteiger partial charge is 0.242 e. The summed E-state index contributed by atoms with van der Waals surface area (Å²) in [5.41, 5.74) is 3.65. The van der Waals surface area contributed by atoms with Crippen molar-refractivity contribution in [2.45, 2.75) is 17.9 Å². The van der Waals surface area contributed by atoms with Crippen molar-refractivity contribution in [1.29, 1.82) is 0 Å². The van der Waals surface area contributed by atoms with E-state index in [2.05, 4.69) is 45.6 Å². The first-order chi connectivity index (χ1) is 13.9. The summed E-state index contributed by atoms with van der Waals surface area (Å²) in [4.78, 5) is 6.92. The summed E-state index contributed by atoms with van der Waals surface area (Å²) in [6.45, 7) is 2.30. The molecule has 1 N–H and O–H groups in total. The van der Waals surface area contributed by atoms with E-state index in [4.69, 9.17) is 0 Å². The maximum atomic E-state index is 12.2. The number of sulfonamides is 1. The minimum atomic E-state index is -3.40. The van der Waals surface area contributed by atoms with Crippen LogP contribution in [-0.2, 0) is 16.6 Å². The molecule has 154 valence electrons. The van der Waals surface area contributed by atoms with Gasteiger partial charge in [0.15, 0.2) is 5.96 Å². The lowest BCUT2D eigenvalue weighted by molar-refractivity contribution is 0.440. The van der Waals surface area contributed by atoms with E-state index in [1.807, 2.05) is 18.2 Å². The van der Waals surface area contributed by atoms with Gasteiger partial charge < -0.3 is 10.2 Å². The highest BCUT2D eigenvalue weighted by Gasteiger charge is 2.18. The molecule has 0 radical (unpaired) electrons. The van der Waals surface area contributed by atoms with Crippen molar-refractivity contribution in [2.24, 2.45) is 4.99 Å². The van der Waals surface area contributed by atoms with Crippen LogP contribution in [0.15, 0.2) is 70.6 Å². The van der Waals surface area contributed by atoms with Gasteiger partial charge in [-0.15, -0.1) is 0 Å². The van der Waals surface area contributed by atoms with Crippen LogP contribution in [0.3, 0.4) is 0 Å². The molecular weight excluding hydrogens is 384 g/mol. The lowest BCUT2D eigenvalue weighted by atomic mass is 10.00. The zero-order valence-corrected chi connectivity index (χ0v) is 18.0. The number of nitrogens with one attached hydrogen (secondary N) is 1.